The Morgan fingerprint density at radius 2 is 1.55 bits per heavy atom. The fourth-order valence-corrected chi connectivity index (χ4v) is 2.50. The highest BCUT2D eigenvalue weighted by Crippen LogP contribution is 2.31. The van der Waals surface area contributed by atoms with Crippen LogP contribution in [-0.2, 0) is 16.2 Å². The smallest absolute Gasteiger partial charge is 0.200 e. The van der Waals surface area contributed by atoms with Crippen molar-refractivity contribution < 1.29 is 21.6 Å². The molecule has 0 aromatic heterocycles. The number of sulfonamides is 1. The van der Waals surface area contributed by atoms with Crippen molar-refractivity contribution in [2.24, 2.45) is 5.10 Å². The minimum Gasteiger partial charge on any atom is -0.200 e. The zero-order valence-corrected chi connectivity index (χ0v) is 11.9. The molecule has 0 amide bonds. The largest absolute Gasteiger partial charge is 0.417 e. The molecule has 0 fully saturated rings. The fourth-order valence-electron chi connectivity index (χ4n) is 1.69. The summed E-state index contributed by atoms with van der Waals surface area (Å²) in [5, 5.41) is 3.40. The summed E-state index contributed by atoms with van der Waals surface area (Å²) in [7, 11) is -3.91. The summed E-state index contributed by atoms with van der Waals surface area (Å²) < 4.78 is 62.0. The van der Waals surface area contributed by atoms with Crippen molar-refractivity contribution >= 4 is 16.2 Å². The van der Waals surface area contributed by atoms with Crippen LogP contribution in [0.2, 0.25) is 0 Å². The van der Waals surface area contributed by atoms with Gasteiger partial charge < -0.3 is 0 Å². The van der Waals surface area contributed by atoms with Crippen molar-refractivity contribution in [2.45, 2.75) is 11.1 Å². The van der Waals surface area contributed by atoms with Crippen molar-refractivity contribution in [1.29, 1.82) is 0 Å². The first-order chi connectivity index (χ1) is 10.3. The van der Waals surface area contributed by atoms with Gasteiger partial charge in [0.25, 0.3) is 10.0 Å². The van der Waals surface area contributed by atoms with Gasteiger partial charge in [-0.2, -0.15) is 26.7 Å². The van der Waals surface area contributed by atoms with E-state index in [1.54, 1.807) is 6.07 Å². The third kappa shape index (κ3) is 3.85. The van der Waals surface area contributed by atoms with E-state index in [4.69, 9.17) is 0 Å². The van der Waals surface area contributed by atoms with Gasteiger partial charge in [0.1, 0.15) is 0 Å². The number of hydrazone groups is 1. The van der Waals surface area contributed by atoms with Crippen LogP contribution in [0.15, 0.2) is 64.6 Å². The van der Waals surface area contributed by atoms with Crippen LogP contribution in [0.4, 0.5) is 13.2 Å². The lowest BCUT2D eigenvalue weighted by molar-refractivity contribution is -0.137. The van der Waals surface area contributed by atoms with Crippen LogP contribution in [0.25, 0.3) is 0 Å². The van der Waals surface area contributed by atoms with Gasteiger partial charge in [-0.15, -0.1) is 0 Å². The molecule has 1 N–H and O–H groups in total. The predicted molar refractivity (Wildman–Crippen MR) is 75.8 cm³/mol. The van der Waals surface area contributed by atoms with Crippen molar-refractivity contribution in [3.8, 4) is 0 Å². The Bertz CT molecular complexity index is 772. The third-order valence-corrected chi connectivity index (χ3v) is 3.93. The first kappa shape index (κ1) is 16.0. The molecule has 0 aliphatic rings. The number of hydrogen-bond acceptors (Lipinski definition) is 3. The van der Waals surface area contributed by atoms with E-state index in [1.165, 1.54) is 42.5 Å². The number of nitrogens with zero attached hydrogens (tertiary/aromatic N) is 1. The molecule has 0 heterocycles. The van der Waals surface area contributed by atoms with E-state index in [0.29, 0.717) is 0 Å². The van der Waals surface area contributed by atoms with Crippen LogP contribution in [-0.4, -0.2) is 14.6 Å². The van der Waals surface area contributed by atoms with Crippen molar-refractivity contribution in [3.63, 3.8) is 0 Å². The van der Waals surface area contributed by atoms with Gasteiger partial charge in [0.2, 0.25) is 0 Å². The molecule has 2 aromatic carbocycles. The molecule has 0 aliphatic carbocycles. The lowest BCUT2D eigenvalue weighted by atomic mass is 10.1. The number of rotatable bonds is 4. The maximum atomic E-state index is 12.8. The van der Waals surface area contributed by atoms with Crippen LogP contribution < -0.4 is 4.83 Å². The molecule has 0 radical (unpaired) electrons. The lowest BCUT2D eigenvalue weighted by Gasteiger charge is -2.09. The number of halogens is 3. The highest BCUT2D eigenvalue weighted by Gasteiger charge is 2.32. The second-order valence-corrected chi connectivity index (χ2v) is 5.91. The molecule has 0 unspecified atom stereocenters. The Morgan fingerprint density at radius 1 is 0.955 bits per heavy atom. The SMILES string of the molecule is O=S(=O)(NN=Cc1ccccc1C(F)(F)F)c1ccccc1. The number of alkyl halides is 3. The molecular weight excluding hydrogens is 317 g/mol. The van der Waals surface area contributed by atoms with Gasteiger partial charge in [-0.05, 0) is 18.2 Å². The summed E-state index contributed by atoms with van der Waals surface area (Å²) in [4.78, 5) is 1.85. The molecule has 0 bridgehead atoms. The lowest BCUT2D eigenvalue weighted by Crippen LogP contribution is -2.18. The first-order valence-corrected chi connectivity index (χ1v) is 7.55. The molecule has 0 atom stereocenters. The van der Waals surface area contributed by atoms with E-state index in [0.717, 1.165) is 12.3 Å². The van der Waals surface area contributed by atoms with E-state index in [-0.39, 0.29) is 10.5 Å². The number of nitrogens with one attached hydrogen (secondary N) is 1. The van der Waals surface area contributed by atoms with E-state index >= 15 is 0 Å². The second kappa shape index (κ2) is 6.18. The minimum absolute atomic E-state index is 0.0312. The minimum atomic E-state index is -4.54. The highest BCUT2D eigenvalue weighted by molar-refractivity contribution is 7.89. The normalized spacial score (nSPS) is 12.5. The maximum Gasteiger partial charge on any atom is 0.417 e. The van der Waals surface area contributed by atoms with Crippen LogP contribution in [0.3, 0.4) is 0 Å². The summed E-state index contributed by atoms with van der Waals surface area (Å²) in [6.07, 6.45) is -3.72. The quantitative estimate of drug-likeness (QED) is 0.693. The standard InChI is InChI=1S/C14H11F3N2O2S/c15-14(16,17)13-9-5-4-6-11(13)10-18-19-22(20,21)12-7-2-1-3-8-12/h1-10,19H. The van der Waals surface area contributed by atoms with Gasteiger partial charge >= 0.3 is 6.18 Å². The molecule has 22 heavy (non-hydrogen) atoms. The Morgan fingerprint density at radius 3 is 2.18 bits per heavy atom. The predicted octanol–water partition coefficient (Wildman–Crippen LogP) is 3.02. The first-order valence-electron chi connectivity index (χ1n) is 6.07. The average Bonchev–Trinajstić information content (AvgIpc) is 2.47. The Hall–Kier alpha value is -2.35. The molecule has 4 nitrogen and oxygen atoms in total. The maximum absolute atomic E-state index is 12.8. The fraction of sp³-hybridized carbons (Fsp3) is 0.0714. The van der Waals surface area contributed by atoms with Crippen molar-refractivity contribution in [3.05, 3.63) is 65.7 Å². The molecule has 0 saturated heterocycles. The number of hydrogen-bond donors (Lipinski definition) is 1. The van der Waals surface area contributed by atoms with E-state index in [9.17, 15) is 21.6 Å². The van der Waals surface area contributed by atoms with E-state index in [2.05, 4.69) is 5.10 Å². The highest BCUT2D eigenvalue weighted by atomic mass is 32.2. The van der Waals surface area contributed by atoms with E-state index < -0.39 is 21.8 Å². The average molecular weight is 328 g/mol. The topological polar surface area (TPSA) is 58.5 Å². The van der Waals surface area contributed by atoms with Crippen LogP contribution in [0.5, 0.6) is 0 Å². The third-order valence-electron chi connectivity index (χ3n) is 2.70. The van der Waals surface area contributed by atoms with Gasteiger partial charge in [-0.1, -0.05) is 36.4 Å². The summed E-state index contributed by atoms with van der Waals surface area (Å²) in [5.74, 6) is 0. The van der Waals surface area contributed by atoms with E-state index in [1.807, 2.05) is 4.83 Å². The molecular formula is C14H11F3N2O2S. The van der Waals surface area contributed by atoms with Crippen molar-refractivity contribution in [1.82, 2.24) is 4.83 Å². The molecule has 116 valence electrons. The van der Waals surface area contributed by atoms with Crippen LogP contribution in [0, 0.1) is 0 Å². The van der Waals surface area contributed by atoms with Crippen LogP contribution >= 0.6 is 0 Å². The van der Waals surface area contributed by atoms with Gasteiger partial charge in [0.05, 0.1) is 16.7 Å². The Labute approximate surface area is 125 Å². The monoisotopic (exact) mass is 328 g/mol. The van der Waals surface area contributed by atoms with Gasteiger partial charge in [0.15, 0.2) is 0 Å². The molecule has 8 heteroatoms. The zero-order valence-electron chi connectivity index (χ0n) is 11.1. The molecule has 2 aromatic rings. The summed E-state index contributed by atoms with van der Waals surface area (Å²) in [6.45, 7) is 0. The molecule has 0 saturated carbocycles. The van der Waals surface area contributed by atoms with Gasteiger partial charge in [-0.3, -0.25) is 0 Å². The molecule has 0 aliphatic heterocycles. The summed E-state index contributed by atoms with van der Waals surface area (Å²) >= 11 is 0. The summed E-state index contributed by atoms with van der Waals surface area (Å²) in [6, 6.07) is 12.1. The molecule has 2 rings (SSSR count). The Balaban J connectivity index is 2.21. The summed E-state index contributed by atoms with van der Waals surface area (Å²) in [5.41, 5.74) is -1.12. The zero-order chi connectivity index (χ0) is 16.2. The van der Waals surface area contributed by atoms with Crippen molar-refractivity contribution in [2.75, 3.05) is 0 Å². The van der Waals surface area contributed by atoms with Gasteiger partial charge in [0, 0.05) is 5.56 Å². The van der Waals surface area contributed by atoms with Crippen LogP contribution in [0.1, 0.15) is 11.1 Å². The van der Waals surface area contributed by atoms with Gasteiger partial charge in [-0.25, -0.2) is 4.83 Å². The molecule has 0 spiro atoms. The number of benzene rings is 2. The Kier molecular flexibility index (Phi) is 4.51. The second-order valence-electron chi connectivity index (χ2n) is 4.25.